The van der Waals surface area contributed by atoms with Crippen molar-refractivity contribution in [1.82, 2.24) is 10.6 Å². The fourth-order valence-electron chi connectivity index (χ4n) is 2.84. The normalized spacial score (nSPS) is 17.1. The number of carbonyl (C=O) groups is 2. The molecule has 0 bridgehead atoms. The molecular formula is C19H26N2O5. The van der Waals surface area contributed by atoms with Gasteiger partial charge in [-0.25, -0.2) is 9.59 Å². The van der Waals surface area contributed by atoms with E-state index in [0.29, 0.717) is 28.3 Å². The average Bonchev–Trinajstić information content (AvgIpc) is 2.60. The molecule has 2 N–H and O–H groups in total. The van der Waals surface area contributed by atoms with E-state index < -0.39 is 12.0 Å². The smallest absolute Gasteiger partial charge is 0.337 e. The van der Waals surface area contributed by atoms with E-state index in [2.05, 4.69) is 10.6 Å². The number of hydrogen-bond donors (Lipinski definition) is 2. The van der Waals surface area contributed by atoms with Crippen molar-refractivity contribution in [3.63, 3.8) is 0 Å². The maximum atomic E-state index is 12.4. The van der Waals surface area contributed by atoms with Crippen molar-refractivity contribution in [2.45, 2.75) is 39.8 Å². The van der Waals surface area contributed by atoms with Crippen molar-refractivity contribution < 1.29 is 23.8 Å². The molecule has 0 aliphatic carbocycles. The van der Waals surface area contributed by atoms with Crippen LogP contribution in [-0.4, -0.2) is 32.3 Å². The Morgan fingerprint density at radius 3 is 2.35 bits per heavy atom. The summed E-state index contributed by atoms with van der Waals surface area (Å²) in [6.45, 7) is 7.66. The van der Waals surface area contributed by atoms with Gasteiger partial charge in [0.25, 0.3) is 0 Å². The highest BCUT2D eigenvalue weighted by atomic mass is 16.5. The second-order valence-corrected chi connectivity index (χ2v) is 6.58. The molecular weight excluding hydrogens is 336 g/mol. The number of allylic oxidation sites excluding steroid dienone is 1. The summed E-state index contributed by atoms with van der Waals surface area (Å²) in [4.78, 5) is 24.5. The standard InChI is InChI=1S/C19H26N2O5/c1-10(2)16-15(18(22)25-6)17(21-19(23)20-16)12-7-8-13(26-11(3)4)14(9-12)24-5/h7-11,17H,1-6H3,(H2,20,21,23). The van der Waals surface area contributed by atoms with E-state index >= 15 is 0 Å². The Bertz CT molecular complexity index is 725. The van der Waals surface area contributed by atoms with E-state index in [1.54, 1.807) is 25.3 Å². The topological polar surface area (TPSA) is 85.9 Å². The van der Waals surface area contributed by atoms with E-state index in [9.17, 15) is 9.59 Å². The van der Waals surface area contributed by atoms with Crippen molar-refractivity contribution in [3.05, 3.63) is 35.0 Å². The van der Waals surface area contributed by atoms with Crippen LogP contribution >= 0.6 is 0 Å². The quantitative estimate of drug-likeness (QED) is 0.760. The van der Waals surface area contributed by atoms with Gasteiger partial charge < -0.3 is 24.8 Å². The maximum absolute atomic E-state index is 12.4. The van der Waals surface area contributed by atoms with Crippen molar-refractivity contribution in [2.75, 3.05) is 14.2 Å². The van der Waals surface area contributed by atoms with E-state index in [4.69, 9.17) is 14.2 Å². The molecule has 0 spiro atoms. The van der Waals surface area contributed by atoms with E-state index in [1.807, 2.05) is 27.7 Å². The summed E-state index contributed by atoms with van der Waals surface area (Å²) in [5.41, 5.74) is 1.63. The molecule has 26 heavy (non-hydrogen) atoms. The lowest BCUT2D eigenvalue weighted by Gasteiger charge is -2.31. The van der Waals surface area contributed by atoms with Crippen LogP contribution in [0.15, 0.2) is 29.5 Å². The number of rotatable bonds is 6. The van der Waals surface area contributed by atoms with Gasteiger partial charge in [-0.2, -0.15) is 0 Å². The molecule has 1 aromatic carbocycles. The Kier molecular flexibility index (Phi) is 6.13. The van der Waals surface area contributed by atoms with Gasteiger partial charge in [0, 0.05) is 5.70 Å². The highest BCUT2D eigenvalue weighted by Gasteiger charge is 2.34. The summed E-state index contributed by atoms with van der Waals surface area (Å²) >= 11 is 0. The molecule has 142 valence electrons. The second kappa shape index (κ2) is 8.12. The molecule has 2 rings (SSSR count). The molecule has 0 saturated carbocycles. The van der Waals surface area contributed by atoms with Gasteiger partial charge in [-0.3, -0.25) is 0 Å². The zero-order valence-corrected chi connectivity index (χ0v) is 16.0. The highest BCUT2D eigenvalue weighted by molar-refractivity contribution is 5.95. The van der Waals surface area contributed by atoms with Crippen LogP contribution in [0.4, 0.5) is 4.79 Å². The van der Waals surface area contributed by atoms with Crippen molar-refractivity contribution in [1.29, 1.82) is 0 Å². The van der Waals surface area contributed by atoms with E-state index in [1.165, 1.54) is 7.11 Å². The summed E-state index contributed by atoms with van der Waals surface area (Å²) in [5.74, 6) is 0.578. The molecule has 0 aromatic heterocycles. The second-order valence-electron chi connectivity index (χ2n) is 6.58. The van der Waals surface area contributed by atoms with Crippen LogP contribution in [0.5, 0.6) is 11.5 Å². The number of benzene rings is 1. The van der Waals surface area contributed by atoms with Crippen LogP contribution in [0, 0.1) is 5.92 Å². The van der Waals surface area contributed by atoms with Crippen LogP contribution < -0.4 is 20.1 Å². The van der Waals surface area contributed by atoms with Gasteiger partial charge >= 0.3 is 12.0 Å². The fourth-order valence-corrected chi connectivity index (χ4v) is 2.84. The van der Waals surface area contributed by atoms with Gasteiger partial charge in [-0.1, -0.05) is 19.9 Å². The SMILES string of the molecule is COC(=O)C1=C(C(C)C)NC(=O)NC1c1ccc(OC(C)C)c(OC)c1. The average molecular weight is 362 g/mol. The predicted octanol–water partition coefficient (Wildman–Crippen LogP) is 2.92. The lowest BCUT2D eigenvalue weighted by Crippen LogP contribution is -2.47. The molecule has 1 heterocycles. The number of nitrogens with one attached hydrogen (secondary N) is 2. The third-order valence-electron chi connectivity index (χ3n) is 3.97. The Morgan fingerprint density at radius 2 is 1.81 bits per heavy atom. The molecule has 1 aliphatic rings. The van der Waals surface area contributed by atoms with Crippen LogP contribution in [0.1, 0.15) is 39.3 Å². The number of carbonyl (C=O) groups excluding carboxylic acids is 2. The number of methoxy groups -OCH3 is 2. The highest BCUT2D eigenvalue weighted by Crippen LogP contribution is 2.36. The molecule has 1 aliphatic heterocycles. The first-order valence-electron chi connectivity index (χ1n) is 8.52. The van der Waals surface area contributed by atoms with E-state index in [-0.39, 0.29) is 18.1 Å². The monoisotopic (exact) mass is 362 g/mol. The van der Waals surface area contributed by atoms with Gasteiger partial charge in [-0.15, -0.1) is 0 Å². The first-order chi connectivity index (χ1) is 12.3. The minimum atomic E-state index is -0.643. The number of urea groups is 1. The Balaban J connectivity index is 2.54. The van der Waals surface area contributed by atoms with Crippen LogP contribution in [0.3, 0.4) is 0 Å². The van der Waals surface area contributed by atoms with Gasteiger partial charge in [0.2, 0.25) is 0 Å². The van der Waals surface area contributed by atoms with Crippen molar-refractivity contribution in [2.24, 2.45) is 5.92 Å². The Morgan fingerprint density at radius 1 is 1.12 bits per heavy atom. The summed E-state index contributed by atoms with van der Waals surface area (Å²) in [6.07, 6.45) is -0.00796. The fraction of sp³-hybridized carbons (Fsp3) is 0.474. The molecule has 0 saturated heterocycles. The largest absolute Gasteiger partial charge is 0.493 e. The predicted molar refractivity (Wildman–Crippen MR) is 97.0 cm³/mol. The molecule has 0 fully saturated rings. The molecule has 7 heteroatoms. The molecule has 0 radical (unpaired) electrons. The number of amides is 2. The zero-order valence-electron chi connectivity index (χ0n) is 16.0. The van der Waals surface area contributed by atoms with Gasteiger partial charge in [-0.05, 0) is 37.5 Å². The summed E-state index contributed by atoms with van der Waals surface area (Å²) in [6, 6.07) is 4.32. The maximum Gasteiger partial charge on any atom is 0.337 e. The number of ether oxygens (including phenoxy) is 3. The Hall–Kier alpha value is -2.70. The minimum Gasteiger partial charge on any atom is -0.493 e. The minimum absolute atomic E-state index is 0.00796. The van der Waals surface area contributed by atoms with E-state index in [0.717, 1.165) is 0 Å². The van der Waals surface area contributed by atoms with Gasteiger partial charge in [0.15, 0.2) is 11.5 Å². The first kappa shape index (κ1) is 19.6. The van der Waals surface area contributed by atoms with Crippen LogP contribution in [0.25, 0.3) is 0 Å². The number of esters is 1. The van der Waals surface area contributed by atoms with Gasteiger partial charge in [0.1, 0.15) is 0 Å². The summed E-state index contributed by atoms with van der Waals surface area (Å²) in [7, 11) is 2.87. The molecule has 1 atom stereocenters. The molecule has 2 amide bonds. The zero-order chi connectivity index (χ0) is 19.4. The third kappa shape index (κ3) is 4.09. The first-order valence-corrected chi connectivity index (χ1v) is 8.52. The lowest BCUT2D eigenvalue weighted by atomic mass is 9.91. The van der Waals surface area contributed by atoms with Crippen molar-refractivity contribution >= 4 is 12.0 Å². The van der Waals surface area contributed by atoms with Gasteiger partial charge in [0.05, 0.1) is 31.9 Å². The lowest BCUT2D eigenvalue weighted by molar-refractivity contribution is -0.136. The van der Waals surface area contributed by atoms with Crippen molar-refractivity contribution in [3.8, 4) is 11.5 Å². The third-order valence-corrected chi connectivity index (χ3v) is 3.97. The Labute approximate surface area is 153 Å². The number of hydrogen-bond acceptors (Lipinski definition) is 5. The summed E-state index contributed by atoms with van der Waals surface area (Å²) < 4.78 is 16.1. The molecule has 7 nitrogen and oxygen atoms in total. The van der Waals surface area contributed by atoms with Crippen LogP contribution in [0.2, 0.25) is 0 Å². The summed E-state index contributed by atoms with van der Waals surface area (Å²) in [5, 5.41) is 5.51. The molecule has 1 unspecified atom stereocenters. The molecule has 1 aromatic rings. The van der Waals surface area contributed by atoms with Crippen LogP contribution in [-0.2, 0) is 9.53 Å².